The Morgan fingerprint density at radius 2 is 1.62 bits per heavy atom. The number of nitrogens with zero attached hydrogens (tertiary/aromatic N) is 1. The zero-order chi connectivity index (χ0) is 16.8. The summed E-state index contributed by atoms with van der Waals surface area (Å²) >= 11 is 0. The topological polar surface area (TPSA) is 12.5 Å². The van der Waals surface area contributed by atoms with Gasteiger partial charge in [-0.05, 0) is 73.5 Å². The smallest absolute Gasteiger partial charge is 0.123 e. The summed E-state index contributed by atoms with van der Waals surface area (Å²) in [4.78, 5) is 2.09. The first kappa shape index (κ1) is 15.7. The molecule has 0 N–H and O–H groups in total. The summed E-state index contributed by atoms with van der Waals surface area (Å²) in [6, 6.07) is 9.93. The van der Waals surface area contributed by atoms with Gasteiger partial charge < -0.3 is 9.64 Å². The normalized spacial score (nSPS) is 25.1. The molecule has 0 amide bonds. The fraction of sp³-hybridized carbons (Fsp3) is 0.400. The number of hydrogen-bond donors (Lipinski definition) is 0. The van der Waals surface area contributed by atoms with Crippen molar-refractivity contribution in [1.29, 1.82) is 0 Å². The van der Waals surface area contributed by atoms with Gasteiger partial charge in [0.2, 0.25) is 0 Å². The lowest BCUT2D eigenvalue weighted by Crippen LogP contribution is -2.25. The van der Waals surface area contributed by atoms with E-state index in [1.54, 1.807) is 12.1 Å². The molecule has 2 aliphatic rings. The lowest BCUT2D eigenvalue weighted by molar-refractivity contribution is 0.0270. The summed E-state index contributed by atoms with van der Waals surface area (Å²) in [7, 11) is 4.03. The van der Waals surface area contributed by atoms with E-state index in [0.29, 0.717) is 6.42 Å². The van der Waals surface area contributed by atoms with Crippen LogP contribution in [0.4, 0.5) is 8.78 Å². The molecule has 1 aliphatic heterocycles. The Labute approximate surface area is 141 Å². The van der Waals surface area contributed by atoms with E-state index in [2.05, 4.69) is 4.90 Å². The lowest BCUT2D eigenvalue weighted by atomic mass is 9.87. The Bertz CT molecular complexity index is 715. The molecule has 1 saturated heterocycles. The Kier molecular flexibility index (Phi) is 3.89. The highest BCUT2D eigenvalue weighted by Crippen LogP contribution is 2.49. The van der Waals surface area contributed by atoms with Gasteiger partial charge >= 0.3 is 0 Å². The van der Waals surface area contributed by atoms with Gasteiger partial charge in [-0.15, -0.1) is 0 Å². The average molecular weight is 329 g/mol. The van der Waals surface area contributed by atoms with Crippen LogP contribution in [0.5, 0.6) is 0 Å². The predicted molar refractivity (Wildman–Crippen MR) is 89.1 cm³/mol. The summed E-state index contributed by atoms with van der Waals surface area (Å²) in [5.74, 6) is -0.395. The van der Waals surface area contributed by atoms with Gasteiger partial charge in [-0.25, -0.2) is 8.78 Å². The second-order valence-electron chi connectivity index (χ2n) is 7.15. The third-order valence-electron chi connectivity index (χ3n) is 5.09. The van der Waals surface area contributed by atoms with E-state index in [1.807, 2.05) is 26.2 Å². The zero-order valence-electron chi connectivity index (χ0n) is 13.9. The van der Waals surface area contributed by atoms with Gasteiger partial charge in [-0.1, -0.05) is 12.1 Å². The molecule has 2 aromatic rings. The van der Waals surface area contributed by atoms with Crippen molar-refractivity contribution in [1.82, 2.24) is 4.90 Å². The van der Waals surface area contributed by atoms with Crippen LogP contribution in [0, 0.1) is 11.6 Å². The molecule has 126 valence electrons. The number of ether oxygens (including phenoxy) is 1. The summed E-state index contributed by atoms with van der Waals surface area (Å²) in [5.41, 5.74) is 4.11. The minimum Gasteiger partial charge on any atom is -0.368 e. The van der Waals surface area contributed by atoms with Crippen LogP contribution in [-0.2, 0) is 11.2 Å². The molecule has 2 unspecified atom stereocenters. The fourth-order valence-corrected chi connectivity index (χ4v) is 4.14. The molecule has 24 heavy (non-hydrogen) atoms. The van der Waals surface area contributed by atoms with E-state index in [9.17, 15) is 8.78 Å². The van der Waals surface area contributed by atoms with Crippen LogP contribution in [0.3, 0.4) is 0 Å². The number of likely N-dealkylation sites (N-methyl/N-ethyl adjacent to an activating group) is 1. The minimum absolute atomic E-state index is 0.0698. The van der Waals surface area contributed by atoms with Gasteiger partial charge in [-0.2, -0.15) is 0 Å². The maximum Gasteiger partial charge on any atom is 0.123 e. The number of benzene rings is 2. The van der Waals surface area contributed by atoms with E-state index in [4.69, 9.17) is 4.74 Å². The molecule has 0 spiro atoms. The van der Waals surface area contributed by atoms with Gasteiger partial charge in [-0.3, -0.25) is 0 Å². The van der Waals surface area contributed by atoms with E-state index in [0.717, 1.165) is 35.2 Å². The van der Waals surface area contributed by atoms with Gasteiger partial charge in [0.15, 0.2) is 0 Å². The molecule has 2 nitrogen and oxygen atoms in total. The van der Waals surface area contributed by atoms with Crippen LogP contribution in [0.25, 0.3) is 0 Å². The molecule has 4 heteroatoms. The summed E-state index contributed by atoms with van der Waals surface area (Å²) in [6.45, 7) is 0.808. The van der Waals surface area contributed by atoms with Gasteiger partial charge in [0.1, 0.15) is 11.6 Å². The molecule has 0 saturated carbocycles. The van der Waals surface area contributed by atoms with Crippen molar-refractivity contribution < 1.29 is 13.5 Å². The molecule has 1 aliphatic carbocycles. The lowest BCUT2D eigenvalue weighted by Gasteiger charge is -2.20. The Hall–Kier alpha value is -1.78. The number of hydrogen-bond acceptors (Lipinski definition) is 2. The number of rotatable bonds is 2. The molecule has 3 atom stereocenters. The first-order chi connectivity index (χ1) is 11.5. The van der Waals surface area contributed by atoms with Crippen molar-refractivity contribution >= 4 is 0 Å². The summed E-state index contributed by atoms with van der Waals surface area (Å²) in [5, 5.41) is 0. The van der Waals surface area contributed by atoms with Crippen molar-refractivity contribution in [3.63, 3.8) is 0 Å². The highest BCUT2D eigenvalue weighted by Gasteiger charge is 2.41. The van der Waals surface area contributed by atoms with Crippen molar-refractivity contribution in [2.45, 2.75) is 31.0 Å². The molecule has 0 radical (unpaired) electrons. The maximum absolute atomic E-state index is 13.9. The largest absolute Gasteiger partial charge is 0.368 e. The van der Waals surface area contributed by atoms with Crippen LogP contribution in [0.1, 0.15) is 40.7 Å². The molecular weight excluding hydrogens is 308 g/mol. The second kappa shape index (κ2) is 5.94. The Morgan fingerprint density at radius 3 is 2.29 bits per heavy atom. The van der Waals surface area contributed by atoms with Crippen molar-refractivity contribution in [3.8, 4) is 0 Å². The first-order valence-corrected chi connectivity index (χ1v) is 8.38. The molecule has 0 bridgehead atoms. The molecule has 1 fully saturated rings. The molecular formula is C20H21F2NO. The van der Waals surface area contributed by atoms with Crippen LogP contribution in [-0.4, -0.2) is 31.6 Å². The van der Waals surface area contributed by atoms with E-state index >= 15 is 0 Å². The third kappa shape index (κ3) is 2.74. The maximum atomic E-state index is 13.9. The van der Waals surface area contributed by atoms with Gasteiger partial charge in [0.25, 0.3) is 0 Å². The van der Waals surface area contributed by atoms with Gasteiger partial charge in [0, 0.05) is 12.5 Å². The Balaban J connectivity index is 1.82. The fourth-order valence-electron chi connectivity index (χ4n) is 4.14. The highest BCUT2D eigenvalue weighted by molar-refractivity contribution is 5.45. The minimum atomic E-state index is -0.246. The average Bonchev–Trinajstić information content (AvgIpc) is 2.88. The van der Waals surface area contributed by atoms with Crippen LogP contribution < -0.4 is 0 Å². The third-order valence-corrected chi connectivity index (χ3v) is 5.09. The summed E-state index contributed by atoms with van der Waals surface area (Å²) in [6.07, 6.45) is 1.39. The van der Waals surface area contributed by atoms with E-state index < -0.39 is 0 Å². The second-order valence-corrected chi connectivity index (χ2v) is 7.15. The van der Waals surface area contributed by atoms with Crippen LogP contribution in [0.15, 0.2) is 36.4 Å². The van der Waals surface area contributed by atoms with Crippen LogP contribution in [0.2, 0.25) is 0 Å². The van der Waals surface area contributed by atoms with Crippen molar-refractivity contribution in [3.05, 3.63) is 70.3 Å². The molecule has 2 aromatic carbocycles. The van der Waals surface area contributed by atoms with E-state index in [-0.39, 0.29) is 29.8 Å². The number of halogens is 2. The first-order valence-electron chi connectivity index (χ1n) is 8.38. The highest BCUT2D eigenvalue weighted by atomic mass is 19.1. The van der Waals surface area contributed by atoms with Crippen LogP contribution >= 0.6 is 0 Å². The predicted octanol–water partition coefficient (Wildman–Crippen LogP) is 4.04. The van der Waals surface area contributed by atoms with Crippen molar-refractivity contribution in [2.24, 2.45) is 0 Å². The number of fused-ring (bicyclic) bond motifs is 5. The van der Waals surface area contributed by atoms with E-state index in [1.165, 1.54) is 12.1 Å². The monoisotopic (exact) mass is 329 g/mol. The van der Waals surface area contributed by atoms with Crippen molar-refractivity contribution in [2.75, 3.05) is 20.6 Å². The quantitative estimate of drug-likeness (QED) is 0.824. The van der Waals surface area contributed by atoms with Gasteiger partial charge in [0.05, 0.1) is 12.2 Å². The molecule has 1 heterocycles. The SMILES string of the molecule is CN(C)C[C@H]1CC2c3cc(F)ccc3Cc3ccc(F)cc3C2O1. The standard InChI is InChI=1S/C20H21F2NO/c1-23(2)11-16-10-19-17-8-14(21)5-3-12(17)7-13-4-6-15(22)9-18(13)20(19)24-16/h3-6,8-9,16,19-20H,7,10-11H2,1-2H3/t16-,19?,20?/m1/s1. The molecule has 4 rings (SSSR count). The zero-order valence-corrected chi connectivity index (χ0v) is 13.9. The molecule has 0 aromatic heterocycles. The Morgan fingerprint density at radius 1 is 1.00 bits per heavy atom. The summed E-state index contributed by atoms with van der Waals surface area (Å²) < 4.78 is 34.0.